The number of fused-ring (bicyclic) bond motifs is 2. The fourth-order valence-electron chi connectivity index (χ4n) is 3.79. The summed E-state index contributed by atoms with van der Waals surface area (Å²) in [5, 5.41) is 3.41. The van der Waals surface area contributed by atoms with Crippen LogP contribution in [-0.2, 0) is 22.4 Å². The third-order valence-corrected chi connectivity index (χ3v) is 5.67. The van der Waals surface area contributed by atoms with E-state index in [9.17, 15) is 9.59 Å². The number of amides is 1. The molecule has 154 valence electrons. The summed E-state index contributed by atoms with van der Waals surface area (Å²) in [7, 11) is 0. The molecule has 4 rings (SSSR count). The lowest BCUT2D eigenvalue weighted by atomic mass is 9.91. The molecule has 7 heteroatoms. The minimum atomic E-state index is -0.482. The number of benzene rings is 1. The number of hydrogen-bond acceptors (Lipinski definition) is 5. The number of para-hydroxylation sites is 1. The van der Waals surface area contributed by atoms with Crippen LogP contribution in [0.25, 0.3) is 10.9 Å². The Kier molecular flexibility index (Phi) is 6.38. The minimum absolute atomic E-state index is 0.373. The van der Waals surface area contributed by atoms with E-state index in [1.54, 1.807) is 18.3 Å². The summed E-state index contributed by atoms with van der Waals surface area (Å²) in [6, 6.07) is 11.1. The van der Waals surface area contributed by atoms with E-state index in [4.69, 9.17) is 9.72 Å². The molecule has 0 bridgehead atoms. The van der Waals surface area contributed by atoms with Crippen molar-refractivity contribution in [2.45, 2.75) is 38.5 Å². The molecule has 1 amide bonds. The molecule has 0 saturated heterocycles. The van der Waals surface area contributed by atoms with Crippen molar-refractivity contribution < 1.29 is 14.3 Å². The Morgan fingerprint density at radius 3 is 2.63 bits per heavy atom. The fraction of sp³-hybridized carbons (Fsp3) is 0.304. The van der Waals surface area contributed by atoms with E-state index in [0.717, 1.165) is 58.7 Å². The number of hydrogen-bond donors (Lipinski definition) is 1. The van der Waals surface area contributed by atoms with Crippen LogP contribution >= 0.6 is 15.9 Å². The van der Waals surface area contributed by atoms with Gasteiger partial charge in [0, 0.05) is 21.7 Å². The van der Waals surface area contributed by atoms with Gasteiger partial charge in [0.2, 0.25) is 0 Å². The van der Waals surface area contributed by atoms with Gasteiger partial charge in [-0.15, -0.1) is 0 Å². The van der Waals surface area contributed by atoms with Crippen LogP contribution in [0.5, 0.6) is 0 Å². The first-order valence-corrected chi connectivity index (χ1v) is 10.9. The number of carbonyl (C=O) groups is 2. The minimum Gasteiger partial charge on any atom is -0.452 e. The standard InChI is InChI=1S/C23H22BrN3O3/c24-15-11-12-20(25-13-15)27-21(28)14-30-23(29)22-16-7-3-1-2-4-9-18(16)26-19-10-6-5-8-17(19)22/h5-6,8,10-13H,1-4,7,9,14H2,(H,25,27,28). The van der Waals surface area contributed by atoms with Gasteiger partial charge in [-0.2, -0.15) is 0 Å². The number of aryl methyl sites for hydroxylation is 1. The first kappa shape index (κ1) is 20.5. The van der Waals surface area contributed by atoms with Crippen molar-refractivity contribution in [2.24, 2.45) is 0 Å². The summed E-state index contributed by atoms with van der Waals surface area (Å²) in [6.45, 7) is -0.373. The predicted octanol–water partition coefficient (Wildman–Crippen LogP) is 4.85. The second-order valence-corrected chi connectivity index (χ2v) is 8.25. The Morgan fingerprint density at radius 2 is 1.83 bits per heavy atom. The summed E-state index contributed by atoms with van der Waals surface area (Å²) in [4.78, 5) is 34.2. The molecule has 1 aromatic carbocycles. The molecule has 2 heterocycles. The lowest BCUT2D eigenvalue weighted by Gasteiger charge is -2.18. The van der Waals surface area contributed by atoms with Crippen molar-refractivity contribution in [3.05, 3.63) is 63.9 Å². The molecule has 0 aliphatic heterocycles. The normalized spacial score (nSPS) is 13.8. The van der Waals surface area contributed by atoms with Crippen LogP contribution in [0, 0.1) is 0 Å². The molecule has 0 saturated carbocycles. The molecular weight excluding hydrogens is 446 g/mol. The van der Waals surface area contributed by atoms with Gasteiger partial charge in [-0.1, -0.05) is 31.0 Å². The second-order valence-electron chi connectivity index (χ2n) is 7.33. The third kappa shape index (κ3) is 4.67. The smallest absolute Gasteiger partial charge is 0.339 e. The predicted molar refractivity (Wildman–Crippen MR) is 118 cm³/mol. The first-order chi connectivity index (χ1) is 14.6. The molecule has 1 N–H and O–H groups in total. The van der Waals surface area contributed by atoms with Crippen molar-refractivity contribution >= 4 is 44.5 Å². The zero-order valence-electron chi connectivity index (χ0n) is 16.5. The maximum Gasteiger partial charge on any atom is 0.339 e. The quantitative estimate of drug-likeness (QED) is 0.554. The number of esters is 1. The Balaban J connectivity index is 1.56. The van der Waals surface area contributed by atoms with E-state index in [-0.39, 0.29) is 6.61 Å². The van der Waals surface area contributed by atoms with Crippen LogP contribution in [0.3, 0.4) is 0 Å². The second kappa shape index (κ2) is 9.34. The lowest BCUT2D eigenvalue weighted by Crippen LogP contribution is -2.22. The monoisotopic (exact) mass is 467 g/mol. The van der Waals surface area contributed by atoms with Gasteiger partial charge in [0.1, 0.15) is 5.82 Å². The van der Waals surface area contributed by atoms with Gasteiger partial charge < -0.3 is 10.1 Å². The zero-order chi connectivity index (χ0) is 20.9. The van der Waals surface area contributed by atoms with Crippen molar-refractivity contribution in [3.63, 3.8) is 0 Å². The van der Waals surface area contributed by atoms with Gasteiger partial charge in [-0.3, -0.25) is 9.78 Å². The average molecular weight is 468 g/mol. The number of aromatic nitrogens is 2. The van der Waals surface area contributed by atoms with Crippen molar-refractivity contribution in [3.8, 4) is 0 Å². The van der Waals surface area contributed by atoms with E-state index in [2.05, 4.69) is 26.2 Å². The highest BCUT2D eigenvalue weighted by Crippen LogP contribution is 2.29. The highest BCUT2D eigenvalue weighted by Gasteiger charge is 2.23. The lowest BCUT2D eigenvalue weighted by molar-refractivity contribution is -0.119. The van der Waals surface area contributed by atoms with Crippen molar-refractivity contribution in [2.75, 3.05) is 11.9 Å². The van der Waals surface area contributed by atoms with Crippen molar-refractivity contribution in [1.29, 1.82) is 0 Å². The van der Waals surface area contributed by atoms with Gasteiger partial charge in [0.15, 0.2) is 6.61 Å². The fourth-order valence-corrected chi connectivity index (χ4v) is 4.03. The van der Waals surface area contributed by atoms with E-state index >= 15 is 0 Å². The van der Waals surface area contributed by atoms with Crippen LogP contribution in [0.15, 0.2) is 47.1 Å². The zero-order valence-corrected chi connectivity index (χ0v) is 18.1. The van der Waals surface area contributed by atoms with Gasteiger partial charge >= 0.3 is 5.97 Å². The SMILES string of the molecule is O=C(COC(=O)c1c2c(nc3ccccc13)CCCCCC2)Nc1ccc(Br)cn1. The average Bonchev–Trinajstić information content (AvgIpc) is 2.73. The summed E-state index contributed by atoms with van der Waals surface area (Å²) < 4.78 is 6.23. The Morgan fingerprint density at radius 1 is 1.03 bits per heavy atom. The van der Waals surface area contributed by atoms with Gasteiger partial charge in [0.25, 0.3) is 5.91 Å². The Bertz CT molecular complexity index is 1080. The van der Waals surface area contributed by atoms with E-state index in [1.165, 1.54) is 6.42 Å². The molecule has 1 aliphatic carbocycles. The number of ether oxygens (including phenoxy) is 1. The summed E-state index contributed by atoms with van der Waals surface area (Å²) >= 11 is 3.30. The molecule has 6 nitrogen and oxygen atoms in total. The number of anilines is 1. The van der Waals surface area contributed by atoms with Gasteiger partial charge in [0.05, 0.1) is 11.1 Å². The maximum absolute atomic E-state index is 13.1. The number of rotatable bonds is 4. The molecule has 0 spiro atoms. The number of nitrogens with zero attached hydrogens (tertiary/aromatic N) is 2. The van der Waals surface area contributed by atoms with Crippen LogP contribution in [0.2, 0.25) is 0 Å². The van der Waals surface area contributed by atoms with Gasteiger partial charge in [-0.25, -0.2) is 9.78 Å². The molecular formula is C23H22BrN3O3. The van der Waals surface area contributed by atoms with E-state index in [0.29, 0.717) is 11.4 Å². The largest absolute Gasteiger partial charge is 0.452 e. The molecule has 0 radical (unpaired) electrons. The van der Waals surface area contributed by atoms with Crippen LogP contribution in [0.1, 0.15) is 47.3 Å². The summed E-state index contributed by atoms with van der Waals surface area (Å²) in [5.41, 5.74) is 3.27. The molecule has 0 fully saturated rings. The van der Waals surface area contributed by atoms with E-state index < -0.39 is 11.9 Å². The van der Waals surface area contributed by atoms with Crippen LogP contribution < -0.4 is 5.32 Å². The topological polar surface area (TPSA) is 81.2 Å². The highest BCUT2D eigenvalue weighted by molar-refractivity contribution is 9.10. The Hall–Kier alpha value is -2.80. The molecule has 30 heavy (non-hydrogen) atoms. The number of carbonyl (C=O) groups excluding carboxylic acids is 2. The maximum atomic E-state index is 13.1. The molecule has 0 unspecified atom stereocenters. The Labute approximate surface area is 183 Å². The molecule has 2 aromatic heterocycles. The van der Waals surface area contributed by atoms with Gasteiger partial charge in [-0.05, 0) is 65.4 Å². The molecule has 3 aromatic rings. The summed E-state index contributed by atoms with van der Waals surface area (Å²) in [5.74, 6) is -0.512. The van der Waals surface area contributed by atoms with Crippen LogP contribution in [0.4, 0.5) is 5.82 Å². The number of halogens is 1. The van der Waals surface area contributed by atoms with E-state index in [1.807, 2.05) is 24.3 Å². The number of pyridine rings is 2. The molecule has 1 aliphatic rings. The highest BCUT2D eigenvalue weighted by atomic mass is 79.9. The summed E-state index contributed by atoms with van der Waals surface area (Å²) in [6.07, 6.45) is 7.64. The third-order valence-electron chi connectivity index (χ3n) is 5.20. The first-order valence-electron chi connectivity index (χ1n) is 10.1. The molecule has 0 atom stereocenters. The van der Waals surface area contributed by atoms with Crippen molar-refractivity contribution in [1.82, 2.24) is 9.97 Å². The van der Waals surface area contributed by atoms with Crippen LogP contribution in [-0.4, -0.2) is 28.5 Å². The number of nitrogens with one attached hydrogen (secondary N) is 1.